The van der Waals surface area contributed by atoms with Crippen LogP contribution in [0.15, 0.2) is 0 Å². The number of esters is 1. The van der Waals surface area contributed by atoms with E-state index in [1.807, 2.05) is 6.92 Å². The normalized spacial score (nSPS) is 14.3. The summed E-state index contributed by atoms with van der Waals surface area (Å²) < 4.78 is 4.54. The molecule has 0 radical (unpaired) electrons. The van der Waals surface area contributed by atoms with E-state index < -0.39 is 11.5 Å². The maximum atomic E-state index is 11.1. The average Bonchev–Trinajstić information content (AvgIpc) is 2.01. The monoisotopic (exact) mass is 160 g/mol. The topological polar surface area (TPSA) is 46.5 Å². The number of rotatable bonds is 3. The van der Waals surface area contributed by atoms with E-state index >= 15 is 0 Å². The Morgan fingerprint density at radius 1 is 1.64 bits per heavy atom. The molecule has 0 aromatic carbocycles. The van der Waals surface area contributed by atoms with E-state index in [2.05, 4.69) is 4.74 Å². The predicted octanol–water partition coefficient (Wildman–Crippen LogP) is 0.956. The van der Waals surface area contributed by atoms with Crippen LogP contribution in [0.3, 0.4) is 0 Å². The van der Waals surface area contributed by atoms with Crippen molar-refractivity contribution in [1.82, 2.24) is 0 Å². The number of carbonyl (C=O) groups is 1. The first-order valence-electron chi connectivity index (χ1n) is 3.73. The summed E-state index contributed by atoms with van der Waals surface area (Å²) in [6, 6.07) is 0. The minimum atomic E-state index is -0.788. The van der Waals surface area contributed by atoms with Gasteiger partial charge in [0, 0.05) is 0 Å². The largest absolute Gasteiger partial charge is 0.469 e. The lowest BCUT2D eigenvalue weighted by Gasteiger charge is -2.26. The van der Waals surface area contributed by atoms with Gasteiger partial charge in [-0.15, -0.1) is 0 Å². The minimum absolute atomic E-state index is 0.369. The molecular formula is C8H16O3. The molecule has 1 N–H and O–H groups in total. The molecule has 0 aliphatic heterocycles. The third-order valence-corrected chi connectivity index (χ3v) is 1.93. The zero-order valence-electron chi connectivity index (χ0n) is 7.55. The summed E-state index contributed by atoms with van der Waals surface area (Å²) in [7, 11) is 1.33. The van der Waals surface area contributed by atoms with Gasteiger partial charge >= 0.3 is 5.97 Å². The van der Waals surface area contributed by atoms with Gasteiger partial charge in [0.1, 0.15) is 0 Å². The number of aliphatic hydroxyl groups excluding tert-OH is 1. The number of carbonyl (C=O) groups excluding carboxylic acids is 1. The summed E-state index contributed by atoms with van der Waals surface area (Å²) in [5.41, 5.74) is -0.788. The van der Waals surface area contributed by atoms with Crippen LogP contribution in [-0.2, 0) is 9.53 Å². The Morgan fingerprint density at radius 3 is 2.36 bits per heavy atom. The lowest BCUT2D eigenvalue weighted by Crippen LogP contribution is -2.37. The van der Waals surface area contributed by atoms with Gasteiger partial charge in [0.25, 0.3) is 0 Å². The highest BCUT2D eigenvalue weighted by molar-refractivity contribution is 5.76. The average molecular weight is 160 g/mol. The Labute approximate surface area is 67.4 Å². The number of hydrogen-bond donors (Lipinski definition) is 1. The summed E-state index contributed by atoms with van der Waals surface area (Å²) in [5, 5.41) is 9.39. The van der Waals surface area contributed by atoms with Crippen molar-refractivity contribution >= 4 is 5.97 Å². The van der Waals surface area contributed by atoms with Crippen molar-refractivity contribution in [3.8, 4) is 0 Å². The molecule has 0 aliphatic rings. The first-order valence-corrected chi connectivity index (χ1v) is 3.73. The van der Waals surface area contributed by atoms with Crippen LogP contribution in [0.2, 0.25) is 0 Å². The third-order valence-electron chi connectivity index (χ3n) is 1.93. The summed E-state index contributed by atoms with van der Waals surface area (Å²) >= 11 is 0. The SMILES string of the molecule is CC[C@@H](O)C(C)(C)C(=O)OC. The Bertz CT molecular complexity index is 140. The van der Waals surface area contributed by atoms with Crippen LogP contribution in [-0.4, -0.2) is 24.3 Å². The Hall–Kier alpha value is -0.570. The predicted molar refractivity (Wildman–Crippen MR) is 42.1 cm³/mol. The Kier molecular flexibility index (Phi) is 3.52. The van der Waals surface area contributed by atoms with E-state index in [9.17, 15) is 9.90 Å². The molecule has 0 aromatic rings. The highest BCUT2D eigenvalue weighted by atomic mass is 16.5. The number of hydrogen-bond acceptors (Lipinski definition) is 3. The third kappa shape index (κ3) is 2.19. The van der Waals surface area contributed by atoms with E-state index in [0.29, 0.717) is 6.42 Å². The number of ether oxygens (including phenoxy) is 1. The standard InChI is InChI=1S/C8H16O3/c1-5-6(9)8(2,3)7(10)11-4/h6,9H,5H2,1-4H3/t6-/m1/s1. The molecule has 0 bridgehead atoms. The fourth-order valence-corrected chi connectivity index (χ4v) is 0.909. The van der Waals surface area contributed by atoms with Crippen LogP contribution >= 0.6 is 0 Å². The van der Waals surface area contributed by atoms with Crippen LogP contribution in [0.4, 0.5) is 0 Å². The van der Waals surface area contributed by atoms with Gasteiger partial charge in [-0.1, -0.05) is 6.92 Å². The molecule has 0 aromatic heterocycles. The van der Waals surface area contributed by atoms with E-state index in [-0.39, 0.29) is 5.97 Å². The second-order valence-corrected chi connectivity index (χ2v) is 3.14. The van der Waals surface area contributed by atoms with Gasteiger partial charge < -0.3 is 9.84 Å². The molecule has 0 unspecified atom stereocenters. The first kappa shape index (κ1) is 10.4. The van der Waals surface area contributed by atoms with Gasteiger partial charge in [-0.25, -0.2) is 0 Å². The molecule has 1 atom stereocenters. The summed E-state index contributed by atoms with van der Waals surface area (Å²) in [6.45, 7) is 5.18. The van der Waals surface area contributed by atoms with Gasteiger partial charge in [0.2, 0.25) is 0 Å². The fourth-order valence-electron chi connectivity index (χ4n) is 0.909. The smallest absolute Gasteiger partial charge is 0.313 e. The molecule has 3 nitrogen and oxygen atoms in total. The van der Waals surface area contributed by atoms with E-state index in [1.165, 1.54) is 7.11 Å². The maximum Gasteiger partial charge on any atom is 0.313 e. The van der Waals surface area contributed by atoms with Crippen molar-refractivity contribution in [3.63, 3.8) is 0 Å². The molecule has 11 heavy (non-hydrogen) atoms. The second-order valence-electron chi connectivity index (χ2n) is 3.14. The molecule has 0 saturated heterocycles. The summed E-state index contributed by atoms with van der Waals surface area (Å²) in [4.78, 5) is 11.1. The van der Waals surface area contributed by atoms with Gasteiger partial charge in [0.05, 0.1) is 18.6 Å². The maximum absolute atomic E-state index is 11.1. The summed E-state index contributed by atoms with van der Waals surface area (Å²) in [6.07, 6.45) is -0.0720. The van der Waals surface area contributed by atoms with Crippen LogP contribution in [0.25, 0.3) is 0 Å². The van der Waals surface area contributed by atoms with Crippen molar-refractivity contribution in [2.45, 2.75) is 33.3 Å². The molecule has 66 valence electrons. The quantitative estimate of drug-likeness (QED) is 0.625. The van der Waals surface area contributed by atoms with Crippen molar-refractivity contribution in [2.24, 2.45) is 5.41 Å². The molecule has 0 rings (SSSR count). The molecule has 0 heterocycles. The Morgan fingerprint density at radius 2 is 2.09 bits per heavy atom. The van der Waals surface area contributed by atoms with Crippen LogP contribution in [0.1, 0.15) is 27.2 Å². The molecule has 0 aliphatic carbocycles. The second kappa shape index (κ2) is 3.72. The van der Waals surface area contributed by atoms with Crippen LogP contribution in [0.5, 0.6) is 0 Å². The van der Waals surface area contributed by atoms with E-state index in [4.69, 9.17) is 0 Å². The Balaban J connectivity index is 4.31. The lowest BCUT2D eigenvalue weighted by molar-refractivity contribution is -0.157. The van der Waals surface area contributed by atoms with E-state index in [0.717, 1.165) is 0 Å². The van der Waals surface area contributed by atoms with Gasteiger partial charge in [-0.3, -0.25) is 4.79 Å². The molecule has 0 spiro atoms. The van der Waals surface area contributed by atoms with Crippen molar-refractivity contribution in [3.05, 3.63) is 0 Å². The van der Waals surface area contributed by atoms with Gasteiger partial charge in [0.15, 0.2) is 0 Å². The van der Waals surface area contributed by atoms with Crippen molar-refractivity contribution in [1.29, 1.82) is 0 Å². The molecule has 0 amide bonds. The van der Waals surface area contributed by atoms with Crippen molar-refractivity contribution in [2.75, 3.05) is 7.11 Å². The first-order chi connectivity index (χ1) is 4.96. The molecule has 3 heteroatoms. The van der Waals surface area contributed by atoms with Gasteiger partial charge in [-0.2, -0.15) is 0 Å². The molecular weight excluding hydrogens is 144 g/mol. The molecule has 0 saturated carbocycles. The lowest BCUT2D eigenvalue weighted by atomic mass is 9.85. The fraction of sp³-hybridized carbons (Fsp3) is 0.875. The number of methoxy groups -OCH3 is 1. The van der Waals surface area contributed by atoms with Crippen LogP contribution in [0, 0.1) is 5.41 Å². The van der Waals surface area contributed by atoms with Crippen LogP contribution < -0.4 is 0 Å². The molecule has 0 fully saturated rings. The summed E-state index contributed by atoms with van der Waals surface area (Å²) in [5.74, 6) is -0.369. The zero-order chi connectivity index (χ0) is 9.07. The van der Waals surface area contributed by atoms with Gasteiger partial charge in [-0.05, 0) is 20.3 Å². The number of aliphatic hydroxyl groups is 1. The highest BCUT2D eigenvalue weighted by Gasteiger charge is 2.35. The van der Waals surface area contributed by atoms with Crippen molar-refractivity contribution < 1.29 is 14.6 Å². The van der Waals surface area contributed by atoms with E-state index in [1.54, 1.807) is 13.8 Å². The highest BCUT2D eigenvalue weighted by Crippen LogP contribution is 2.24. The minimum Gasteiger partial charge on any atom is -0.469 e. The zero-order valence-corrected chi connectivity index (χ0v) is 7.55.